The summed E-state index contributed by atoms with van der Waals surface area (Å²) < 4.78 is 0. The molecular formula is C24H46O2. The summed E-state index contributed by atoms with van der Waals surface area (Å²) in [6, 6.07) is 0. The van der Waals surface area contributed by atoms with E-state index in [-0.39, 0.29) is 0 Å². The fourth-order valence-electron chi connectivity index (χ4n) is 3.51. The van der Waals surface area contributed by atoms with Gasteiger partial charge in [-0.3, -0.25) is 0 Å². The molecule has 0 aromatic heterocycles. The molecule has 0 spiro atoms. The Bertz CT molecular complexity index is 352. The molecule has 0 aromatic carbocycles. The van der Waals surface area contributed by atoms with Crippen LogP contribution in [0.2, 0.25) is 0 Å². The van der Waals surface area contributed by atoms with Gasteiger partial charge in [0.25, 0.3) is 0 Å². The van der Waals surface area contributed by atoms with Gasteiger partial charge in [-0.15, -0.1) is 12.3 Å². The van der Waals surface area contributed by atoms with Gasteiger partial charge in [-0.2, -0.15) is 0 Å². The highest BCUT2D eigenvalue weighted by Gasteiger charge is 2.26. The highest BCUT2D eigenvalue weighted by molar-refractivity contribution is 4.83. The van der Waals surface area contributed by atoms with Gasteiger partial charge in [0, 0.05) is 6.42 Å². The van der Waals surface area contributed by atoms with Crippen LogP contribution in [0.15, 0.2) is 0 Å². The molecule has 2 heteroatoms. The lowest BCUT2D eigenvalue weighted by Crippen LogP contribution is -2.31. The third-order valence-electron chi connectivity index (χ3n) is 5.56. The minimum Gasteiger partial charge on any atom is -0.390 e. The number of unbranched alkanes of at least 4 members (excludes halogenated alkanes) is 11. The molecule has 0 aliphatic carbocycles. The second-order valence-electron chi connectivity index (χ2n) is 8.84. The van der Waals surface area contributed by atoms with Crippen molar-refractivity contribution >= 4 is 0 Å². The van der Waals surface area contributed by atoms with Crippen LogP contribution in [0.5, 0.6) is 0 Å². The minimum absolute atomic E-state index is 0.636. The van der Waals surface area contributed by atoms with Crippen LogP contribution in [-0.2, 0) is 0 Å². The van der Waals surface area contributed by atoms with Crippen LogP contribution in [0, 0.1) is 12.3 Å². The lowest BCUT2D eigenvalue weighted by molar-refractivity contribution is -0.0130. The summed E-state index contributed by atoms with van der Waals surface area (Å²) in [6.07, 6.45) is 23.8. The molecule has 2 N–H and O–H groups in total. The lowest BCUT2D eigenvalue weighted by Gasteiger charge is -2.29. The topological polar surface area (TPSA) is 40.5 Å². The zero-order chi connectivity index (χ0) is 19.7. The van der Waals surface area contributed by atoms with Crippen LogP contribution in [-0.4, -0.2) is 21.4 Å². The van der Waals surface area contributed by atoms with E-state index in [1.54, 1.807) is 0 Å². The minimum atomic E-state index is -0.650. The first-order valence-electron chi connectivity index (χ1n) is 11.2. The number of terminal acetylenes is 1. The molecule has 0 bridgehead atoms. The van der Waals surface area contributed by atoms with Crippen molar-refractivity contribution in [1.82, 2.24) is 0 Å². The van der Waals surface area contributed by atoms with Crippen LogP contribution < -0.4 is 0 Å². The first-order valence-corrected chi connectivity index (χ1v) is 11.2. The SMILES string of the molecule is C#CCCCCCCCC(C)(O)CCC(C)(O)CCCCCCCCC. The van der Waals surface area contributed by atoms with E-state index in [9.17, 15) is 10.2 Å². The molecule has 0 radical (unpaired) electrons. The second-order valence-corrected chi connectivity index (χ2v) is 8.84. The predicted molar refractivity (Wildman–Crippen MR) is 114 cm³/mol. The summed E-state index contributed by atoms with van der Waals surface area (Å²) in [6.45, 7) is 6.11. The Morgan fingerprint density at radius 2 is 1.00 bits per heavy atom. The number of hydrogen-bond donors (Lipinski definition) is 2. The van der Waals surface area contributed by atoms with E-state index in [0.717, 1.165) is 44.9 Å². The van der Waals surface area contributed by atoms with Gasteiger partial charge in [0.05, 0.1) is 11.2 Å². The number of rotatable bonds is 18. The average Bonchev–Trinajstić information content (AvgIpc) is 2.59. The zero-order valence-corrected chi connectivity index (χ0v) is 18.0. The van der Waals surface area contributed by atoms with Crippen molar-refractivity contribution < 1.29 is 10.2 Å². The maximum absolute atomic E-state index is 10.6. The average molecular weight is 367 g/mol. The van der Waals surface area contributed by atoms with Crippen LogP contribution >= 0.6 is 0 Å². The fourth-order valence-corrected chi connectivity index (χ4v) is 3.51. The van der Waals surface area contributed by atoms with Gasteiger partial charge < -0.3 is 10.2 Å². The van der Waals surface area contributed by atoms with E-state index in [1.165, 1.54) is 51.4 Å². The monoisotopic (exact) mass is 366 g/mol. The van der Waals surface area contributed by atoms with Crippen molar-refractivity contribution in [3.63, 3.8) is 0 Å². The third kappa shape index (κ3) is 16.9. The molecule has 0 amide bonds. The molecule has 154 valence electrons. The van der Waals surface area contributed by atoms with E-state index < -0.39 is 11.2 Å². The van der Waals surface area contributed by atoms with E-state index in [0.29, 0.717) is 12.8 Å². The normalized spacial score (nSPS) is 16.0. The molecule has 0 heterocycles. The maximum atomic E-state index is 10.6. The molecule has 2 unspecified atom stereocenters. The highest BCUT2D eigenvalue weighted by Crippen LogP contribution is 2.28. The van der Waals surface area contributed by atoms with Gasteiger partial charge in [-0.1, -0.05) is 77.6 Å². The predicted octanol–water partition coefficient (Wildman–Crippen LogP) is 6.77. The van der Waals surface area contributed by atoms with Crippen LogP contribution in [0.25, 0.3) is 0 Å². The van der Waals surface area contributed by atoms with E-state index in [4.69, 9.17) is 6.42 Å². The van der Waals surface area contributed by atoms with Gasteiger partial charge in [0.15, 0.2) is 0 Å². The molecule has 0 aliphatic heterocycles. The Morgan fingerprint density at radius 1 is 0.615 bits per heavy atom. The van der Waals surface area contributed by atoms with Crippen molar-refractivity contribution in [2.45, 2.75) is 141 Å². The smallest absolute Gasteiger partial charge is 0.0620 e. The van der Waals surface area contributed by atoms with E-state index >= 15 is 0 Å². The van der Waals surface area contributed by atoms with Gasteiger partial charge in [0.2, 0.25) is 0 Å². The van der Waals surface area contributed by atoms with Crippen molar-refractivity contribution in [3.05, 3.63) is 0 Å². The van der Waals surface area contributed by atoms with E-state index in [2.05, 4.69) is 12.8 Å². The van der Waals surface area contributed by atoms with Crippen molar-refractivity contribution in [2.75, 3.05) is 0 Å². The fraction of sp³-hybridized carbons (Fsp3) is 0.917. The molecule has 0 rings (SSSR count). The van der Waals surface area contributed by atoms with Crippen molar-refractivity contribution in [3.8, 4) is 12.3 Å². The summed E-state index contributed by atoms with van der Waals surface area (Å²) in [5.74, 6) is 2.68. The van der Waals surface area contributed by atoms with Crippen LogP contribution in [0.1, 0.15) is 130 Å². The first kappa shape index (κ1) is 25.5. The van der Waals surface area contributed by atoms with Crippen molar-refractivity contribution in [2.24, 2.45) is 0 Å². The Morgan fingerprint density at radius 3 is 1.42 bits per heavy atom. The highest BCUT2D eigenvalue weighted by atomic mass is 16.3. The molecule has 2 nitrogen and oxygen atoms in total. The summed E-state index contributed by atoms with van der Waals surface area (Å²) in [5, 5.41) is 21.2. The Balaban J connectivity index is 3.74. The van der Waals surface area contributed by atoms with Crippen LogP contribution in [0.4, 0.5) is 0 Å². The molecule has 0 aromatic rings. The lowest BCUT2D eigenvalue weighted by atomic mass is 9.85. The molecule has 0 fully saturated rings. The quantitative estimate of drug-likeness (QED) is 0.207. The Kier molecular flexibility index (Phi) is 15.2. The molecular weight excluding hydrogens is 320 g/mol. The summed E-state index contributed by atoms with van der Waals surface area (Å²) >= 11 is 0. The molecule has 26 heavy (non-hydrogen) atoms. The Hall–Kier alpha value is -0.520. The summed E-state index contributed by atoms with van der Waals surface area (Å²) in [7, 11) is 0. The first-order chi connectivity index (χ1) is 12.3. The zero-order valence-electron chi connectivity index (χ0n) is 18.0. The van der Waals surface area contributed by atoms with Gasteiger partial charge in [-0.05, 0) is 46.0 Å². The standard InChI is InChI=1S/C24H46O2/c1-5-7-9-11-13-15-17-19-23(3,25)21-22-24(4,26)20-18-16-14-12-10-8-6-2/h1,25-26H,6-22H2,2-4H3. The number of hydrogen-bond acceptors (Lipinski definition) is 2. The largest absolute Gasteiger partial charge is 0.390 e. The molecule has 0 saturated carbocycles. The van der Waals surface area contributed by atoms with Gasteiger partial charge in [0.1, 0.15) is 0 Å². The maximum Gasteiger partial charge on any atom is 0.0620 e. The second kappa shape index (κ2) is 15.5. The molecule has 0 saturated heterocycles. The summed E-state index contributed by atoms with van der Waals surface area (Å²) in [5.41, 5.74) is -1.29. The number of aliphatic hydroxyl groups is 2. The van der Waals surface area contributed by atoms with Gasteiger partial charge in [-0.25, -0.2) is 0 Å². The molecule has 2 atom stereocenters. The summed E-state index contributed by atoms with van der Waals surface area (Å²) in [4.78, 5) is 0. The van der Waals surface area contributed by atoms with Crippen molar-refractivity contribution in [1.29, 1.82) is 0 Å². The third-order valence-corrected chi connectivity index (χ3v) is 5.56. The van der Waals surface area contributed by atoms with E-state index in [1.807, 2.05) is 13.8 Å². The van der Waals surface area contributed by atoms with Gasteiger partial charge >= 0.3 is 0 Å². The van der Waals surface area contributed by atoms with Crippen LogP contribution in [0.3, 0.4) is 0 Å². The Labute approximate surface area is 164 Å². The molecule has 0 aliphatic rings.